The van der Waals surface area contributed by atoms with Crippen molar-refractivity contribution in [1.29, 1.82) is 0 Å². The Hall–Kier alpha value is -3.84. The zero-order chi connectivity index (χ0) is 23.0. The fourth-order valence-corrected chi connectivity index (χ4v) is 3.51. The quantitative estimate of drug-likeness (QED) is 0.477. The van der Waals surface area contributed by atoms with Crippen LogP contribution in [0.1, 0.15) is 5.56 Å². The maximum absolute atomic E-state index is 12.8. The molecule has 2 aromatic heterocycles. The Bertz CT molecular complexity index is 1490. The first-order valence-corrected chi connectivity index (χ1v) is 10.1. The number of halogens is 1. The molecule has 0 amide bonds. The van der Waals surface area contributed by atoms with Gasteiger partial charge in [0.1, 0.15) is 16.4 Å². The van der Waals surface area contributed by atoms with Gasteiger partial charge in [-0.1, -0.05) is 18.2 Å². The fraction of sp³-hybridized carbons (Fsp3) is 0.125. The lowest BCUT2D eigenvalue weighted by Gasteiger charge is -2.04. The van der Waals surface area contributed by atoms with Crippen molar-refractivity contribution >= 4 is 24.3 Å². The molecular formula is C24H21ClN4O3. The summed E-state index contributed by atoms with van der Waals surface area (Å²) in [6.07, 6.45) is 3.35. The van der Waals surface area contributed by atoms with Gasteiger partial charge in [0.2, 0.25) is 0 Å². The van der Waals surface area contributed by atoms with Gasteiger partial charge in [0.15, 0.2) is 0 Å². The molecule has 0 radical (unpaired) electrons. The summed E-state index contributed by atoms with van der Waals surface area (Å²) >= 11 is 6.02. The Morgan fingerprint density at radius 2 is 1.56 bits per heavy atom. The Morgan fingerprint density at radius 3 is 2.12 bits per heavy atom. The highest BCUT2D eigenvalue weighted by Gasteiger charge is 2.13. The van der Waals surface area contributed by atoms with Crippen molar-refractivity contribution < 1.29 is 4.74 Å². The van der Waals surface area contributed by atoms with Gasteiger partial charge in [0, 0.05) is 36.4 Å². The number of methoxy groups -OCH3 is 1. The third-order valence-electron chi connectivity index (χ3n) is 5.34. The molecule has 2 heterocycles. The normalized spacial score (nSPS) is 10.9. The van der Waals surface area contributed by atoms with E-state index in [1.54, 1.807) is 50.3 Å². The molecule has 0 aliphatic carbocycles. The topological polar surface area (TPSA) is 71.1 Å². The maximum Gasteiger partial charge on any atom is 0.264 e. The number of aromatic nitrogens is 4. The minimum atomic E-state index is -0.418. The van der Waals surface area contributed by atoms with Crippen LogP contribution < -0.4 is 26.6 Å². The number of nitrogens with zero attached hydrogens (tertiary/aromatic N) is 4. The van der Waals surface area contributed by atoms with Crippen molar-refractivity contribution in [2.75, 3.05) is 7.11 Å². The van der Waals surface area contributed by atoms with Gasteiger partial charge in [0.25, 0.3) is 11.1 Å². The van der Waals surface area contributed by atoms with Crippen molar-refractivity contribution in [2.45, 2.75) is 0 Å². The van der Waals surface area contributed by atoms with Crippen LogP contribution in [0.15, 0.2) is 64.3 Å². The Kier molecular flexibility index (Phi) is 5.59. The number of hydrogen-bond acceptors (Lipinski definition) is 4. The van der Waals surface area contributed by atoms with Crippen molar-refractivity contribution in [2.24, 2.45) is 14.1 Å². The molecule has 2 aromatic carbocycles. The molecule has 32 heavy (non-hydrogen) atoms. The molecule has 4 rings (SSSR count). The zero-order valence-corrected chi connectivity index (χ0v) is 18.6. The zero-order valence-electron chi connectivity index (χ0n) is 17.9. The molecule has 8 heteroatoms. The molecule has 0 fully saturated rings. The van der Waals surface area contributed by atoms with E-state index in [0.717, 1.165) is 11.3 Å². The summed E-state index contributed by atoms with van der Waals surface area (Å²) in [5.74, 6) is 0.713. The summed E-state index contributed by atoms with van der Waals surface area (Å²) in [4.78, 5) is 25.7. The lowest BCUT2D eigenvalue weighted by molar-refractivity contribution is 0.415. The lowest BCUT2D eigenvalue weighted by atomic mass is 10.1. The van der Waals surface area contributed by atoms with Crippen molar-refractivity contribution in [3.8, 4) is 22.7 Å². The smallest absolute Gasteiger partial charge is 0.264 e. The van der Waals surface area contributed by atoms with E-state index in [0.29, 0.717) is 27.5 Å². The van der Waals surface area contributed by atoms with E-state index < -0.39 is 11.1 Å². The van der Waals surface area contributed by atoms with E-state index in [1.807, 2.05) is 36.4 Å². The first-order chi connectivity index (χ1) is 15.3. The molecule has 7 nitrogen and oxygen atoms in total. The predicted molar refractivity (Wildman–Crippen MR) is 126 cm³/mol. The van der Waals surface area contributed by atoms with Gasteiger partial charge >= 0.3 is 0 Å². The molecule has 0 saturated heterocycles. The average Bonchev–Trinajstić information content (AvgIpc) is 3.23. The van der Waals surface area contributed by atoms with E-state index in [2.05, 4.69) is 6.58 Å². The van der Waals surface area contributed by atoms with Crippen LogP contribution in [-0.2, 0) is 14.1 Å². The Balaban J connectivity index is 2.00. The molecule has 0 unspecified atom stereocenters. The van der Waals surface area contributed by atoms with Crippen molar-refractivity contribution in [1.82, 2.24) is 18.9 Å². The molecule has 0 aliphatic rings. The van der Waals surface area contributed by atoms with Crippen LogP contribution in [0.5, 0.6) is 5.75 Å². The van der Waals surface area contributed by atoms with Crippen LogP contribution in [0.3, 0.4) is 0 Å². The first kappa shape index (κ1) is 21.4. The molecule has 0 saturated carbocycles. The van der Waals surface area contributed by atoms with Gasteiger partial charge in [-0.3, -0.25) is 18.7 Å². The number of benzene rings is 2. The van der Waals surface area contributed by atoms with Gasteiger partial charge in [0.05, 0.1) is 18.5 Å². The van der Waals surface area contributed by atoms with Crippen LogP contribution in [0.25, 0.3) is 29.6 Å². The third kappa shape index (κ3) is 3.78. The second-order valence-electron chi connectivity index (χ2n) is 7.29. The number of rotatable bonds is 4. The van der Waals surface area contributed by atoms with Crippen molar-refractivity contribution in [3.05, 3.63) is 96.7 Å². The SMILES string of the molecule is C=c1n(C)c(=O)c(=Cc2cn(-c3ccc(Cl)cc3)nc2-c2ccc(OC)cc2)c(=O)n1C. The van der Waals surface area contributed by atoms with Crippen LogP contribution in [0.2, 0.25) is 5.02 Å². The second-order valence-corrected chi connectivity index (χ2v) is 7.72. The molecule has 0 atom stereocenters. The molecular weight excluding hydrogens is 428 g/mol. The highest BCUT2D eigenvalue weighted by molar-refractivity contribution is 6.30. The third-order valence-corrected chi connectivity index (χ3v) is 5.59. The molecule has 0 bridgehead atoms. The monoisotopic (exact) mass is 448 g/mol. The van der Waals surface area contributed by atoms with Gasteiger partial charge in [-0.25, -0.2) is 4.68 Å². The fourth-order valence-electron chi connectivity index (χ4n) is 3.38. The largest absolute Gasteiger partial charge is 0.497 e. The van der Waals surface area contributed by atoms with Crippen molar-refractivity contribution in [3.63, 3.8) is 0 Å². The van der Waals surface area contributed by atoms with E-state index >= 15 is 0 Å². The average molecular weight is 449 g/mol. The van der Waals surface area contributed by atoms with Crippen LogP contribution in [0.4, 0.5) is 0 Å². The summed E-state index contributed by atoms with van der Waals surface area (Å²) in [6.45, 7) is 3.79. The molecule has 0 aliphatic heterocycles. The summed E-state index contributed by atoms with van der Waals surface area (Å²) in [6, 6.07) is 14.6. The van der Waals surface area contributed by atoms with Gasteiger partial charge in [-0.15, -0.1) is 0 Å². The van der Waals surface area contributed by atoms with Crippen LogP contribution >= 0.6 is 11.6 Å². The van der Waals surface area contributed by atoms with E-state index in [9.17, 15) is 9.59 Å². The van der Waals surface area contributed by atoms with Gasteiger partial charge in [-0.2, -0.15) is 5.10 Å². The predicted octanol–water partition coefficient (Wildman–Crippen LogP) is 1.84. The summed E-state index contributed by atoms with van der Waals surface area (Å²) in [7, 11) is 4.77. The molecule has 0 spiro atoms. The standard InChI is InChI=1S/C24H21ClN4O3/c1-15-27(2)23(30)21(24(31)28(15)3)13-17-14-29(19-9-7-18(25)8-10-19)26-22(17)16-5-11-20(32-4)12-6-16/h5-14H,1H2,2-4H3. The summed E-state index contributed by atoms with van der Waals surface area (Å²) < 4.78 is 9.63. The summed E-state index contributed by atoms with van der Waals surface area (Å²) in [5.41, 5.74) is 2.33. The molecule has 4 aromatic rings. The summed E-state index contributed by atoms with van der Waals surface area (Å²) in [5, 5.41) is 5.37. The molecule has 0 N–H and O–H groups in total. The van der Waals surface area contributed by atoms with Gasteiger partial charge < -0.3 is 4.74 Å². The Morgan fingerprint density at radius 1 is 0.969 bits per heavy atom. The van der Waals surface area contributed by atoms with E-state index in [4.69, 9.17) is 21.4 Å². The highest BCUT2D eigenvalue weighted by atomic mass is 35.5. The second kappa shape index (κ2) is 8.36. The highest BCUT2D eigenvalue weighted by Crippen LogP contribution is 2.26. The van der Waals surface area contributed by atoms with Crippen LogP contribution in [0, 0.1) is 0 Å². The van der Waals surface area contributed by atoms with Crippen LogP contribution in [-0.4, -0.2) is 26.0 Å². The molecule has 162 valence electrons. The first-order valence-electron chi connectivity index (χ1n) is 9.77. The van der Waals surface area contributed by atoms with Gasteiger partial charge in [-0.05, 0) is 54.6 Å². The van der Waals surface area contributed by atoms with E-state index in [-0.39, 0.29) is 5.22 Å². The number of hydrogen-bond donors (Lipinski definition) is 0. The maximum atomic E-state index is 12.8. The van der Waals surface area contributed by atoms with E-state index in [1.165, 1.54) is 9.13 Å². The Labute approximate surface area is 188 Å². The lowest BCUT2D eigenvalue weighted by Crippen LogP contribution is -2.56. The minimum Gasteiger partial charge on any atom is -0.497 e. The number of ether oxygens (including phenoxy) is 1. The minimum absolute atomic E-state index is 0.0350.